The van der Waals surface area contributed by atoms with Crippen molar-refractivity contribution in [2.75, 3.05) is 42.7 Å². The molecule has 0 atom stereocenters. The van der Waals surface area contributed by atoms with Gasteiger partial charge in [0.1, 0.15) is 34.5 Å². The van der Waals surface area contributed by atoms with E-state index in [1.807, 2.05) is 72.8 Å². The number of methoxy groups -OCH3 is 1. The van der Waals surface area contributed by atoms with Crippen LogP contribution in [-0.4, -0.2) is 72.4 Å². The molecule has 0 aliphatic heterocycles. The van der Waals surface area contributed by atoms with Gasteiger partial charge in [-0.05, 0) is 176 Å². The van der Waals surface area contributed by atoms with Crippen LogP contribution in [0.1, 0.15) is 31.1 Å². The van der Waals surface area contributed by atoms with E-state index in [4.69, 9.17) is 18.9 Å². The van der Waals surface area contributed by atoms with E-state index in [-0.39, 0.29) is 53.1 Å². The maximum absolute atomic E-state index is 14.5. The number of para-hydroxylation sites is 2. The summed E-state index contributed by atoms with van der Waals surface area (Å²) in [6.07, 6.45) is 0. The van der Waals surface area contributed by atoms with Crippen molar-refractivity contribution >= 4 is 84.8 Å². The molecule has 0 saturated carbocycles. The van der Waals surface area contributed by atoms with Crippen LogP contribution in [0, 0.1) is 0 Å². The number of phenolic OH excluding ortho intramolecular Hbond substituents is 2. The van der Waals surface area contributed by atoms with Crippen molar-refractivity contribution in [3.05, 3.63) is 265 Å². The molecule has 0 fully saturated rings. The van der Waals surface area contributed by atoms with E-state index in [9.17, 15) is 39.0 Å². The lowest BCUT2D eigenvalue weighted by Crippen LogP contribution is -2.33. The van der Waals surface area contributed by atoms with Crippen molar-refractivity contribution in [2.24, 2.45) is 0 Å². The van der Waals surface area contributed by atoms with Crippen LogP contribution >= 0.6 is 0 Å². The molecule has 12 rings (SSSR count). The number of rotatable bonds is 21. The fourth-order valence-electron chi connectivity index (χ4n) is 10.7. The van der Waals surface area contributed by atoms with E-state index in [0.717, 1.165) is 16.2 Å². The monoisotopic (exact) mass is 1250 g/mol. The van der Waals surface area contributed by atoms with Gasteiger partial charge in [0.05, 0.1) is 43.8 Å². The third kappa shape index (κ3) is 14.4. The molecule has 18 heteroatoms. The Hall–Kier alpha value is -13.0. The van der Waals surface area contributed by atoms with Crippen LogP contribution in [0.4, 0.5) is 17.1 Å². The Morgan fingerprint density at radius 2 is 0.840 bits per heavy atom. The van der Waals surface area contributed by atoms with Crippen LogP contribution in [0.3, 0.4) is 0 Å². The summed E-state index contributed by atoms with van der Waals surface area (Å²) in [6.45, 7) is -1.18. The molecule has 0 bridgehead atoms. The number of aromatic hydroxyl groups is 2. The van der Waals surface area contributed by atoms with Gasteiger partial charge < -0.3 is 61.1 Å². The topological polar surface area (TPSA) is 252 Å². The molecule has 0 aromatic heterocycles. The summed E-state index contributed by atoms with van der Waals surface area (Å²) in [4.78, 5) is 82.8. The minimum absolute atomic E-state index is 0.0442. The average Bonchev–Trinajstić information content (AvgIpc) is 0.819. The zero-order valence-electron chi connectivity index (χ0n) is 50.3. The molecular formula is C76H58N6O12. The maximum Gasteiger partial charge on any atom is 0.252 e. The van der Waals surface area contributed by atoms with Crippen molar-refractivity contribution in [3.63, 3.8) is 0 Å². The molecule has 12 aromatic rings. The van der Waals surface area contributed by atoms with E-state index in [2.05, 4.69) is 31.9 Å². The minimum Gasteiger partial charge on any atom is -0.508 e. The molecule has 94 heavy (non-hydrogen) atoms. The van der Waals surface area contributed by atoms with E-state index in [1.54, 1.807) is 159 Å². The van der Waals surface area contributed by atoms with Gasteiger partial charge in [0.25, 0.3) is 17.7 Å². The van der Waals surface area contributed by atoms with Crippen LogP contribution < -0.4 is 50.8 Å². The van der Waals surface area contributed by atoms with Gasteiger partial charge >= 0.3 is 0 Å². The Morgan fingerprint density at radius 3 is 1.53 bits per heavy atom. The number of ether oxygens (including phenoxy) is 4. The number of nitrogens with one attached hydrogen (secondary N) is 6. The summed E-state index contributed by atoms with van der Waals surface area (Å²) < 4.78 is 24.0. The summed E-state index contributed by atoms with van der Waals surface area (Å²) in [5.41, 5.74) is 4.43. The van der Waals surface area contributed by atoms with Crippen molar-refractivity contribution < 1.29 is 57.9 Å². The Kier molecular flexibility index (Phi) is 18.1. The first-order valence-corrected chi connectivity index (χ1v) is 29.7. The quantitative estimate of drug-likeness (QED) is 0.0334. The van der Waals surface area contributed by atoms with Gasteiger partial charge in [0, 0.05) is 22.8 Å². The van der Waals surface area contributed by atoms with Crippen molar-refractivity contribution in [3.8, 4) is 74.0 Å². The second kappa shape index (κ2) is 27.8. The van der Waals surface area contributed by atoms with Crippen LogP contribution in [0.25, 0.3) is 54.6 Å². The molecule has 8 N–H and O–H groups in total. The Labute approximate surface area is 538 Å². The summed E-state index contributed by atoms with van der Waals surface area (Å²) in [6, 6.07) is 70.9. The summed E-state index contributed by atoms with van der Waals surface area (Å²) >= 11 is 0. The van der Waals surface area contributed by atoms with Gasteiger partial charge in [-0.25, -0.2) is 0 Å². The lowest BCUT2D eigenvalue weighted by molar-refractivity contribution is -0.116. The predicted molar refractivity (Wildman–Crippen MR) is 361 cm³/mol. The van der Waals surface area contributed by atoms with E-state index in [1.165, 1.54) is 24.3 Å². The molecule has 0 heterocycles. The first-order valence-electron chi connectivity index (χ1n) is 29.7. The molecule has 12 aromatic carbocycles. The van der Waals surface area contributed by atoms with Gasteiger partial charge in [-0.3, -0.25) is 28.8 Å². The van der Waals surface area contributed by atoms with Crippen LogP contribution in [0.5, 0.6) is 51.7 Å². The lowest BCUT2D eigenvalue weighted by Gasteiger charge is -2.17. The fraction of sp³-hybridized carbons (Fsp3) is 0.0526. The zero-order valence-corrected chi connectivity index (χ0v) is 50.3. The van der Waals surface area contributed by atoms with Gasteiger partial charge in [0.2, 0.25) is 17.7 Å². The summed E-state index contributed by atoms with van der Waals surface area (Å²) in [7, 11) is 1.55. The maximum atomic E-state index is 14.5. The van der Waals surface area contributed by atoms with Crippen LogP contribution in [0.2, 0.25) is 0 Å². The smallest absolute Gasteiger partial charge is 0.252 e. The molecule has 6 amide bonds. The molecular weight excluding hydrogens is 1190 g/mol. The third-order valence-corrected chi connectivity index (χ3v) is 15.2. The number of carbonyl (C=O) groups is 6. The van der Waals surface area contributed by atoms with Gasteiger partial charge in [0.15, 0.2) is 17.2 Å². The first-order chi connectivity index (χ1) is 45.8. The van der Waals surface area contributed by atoms with E-state index < -0.39 is 42.0 Å². The third-order valence-electron chi connectivity index (χ3n) is 15.2. The molecule has 0 saturated heterocycles. The summed E-state index contributed by atoms with van der Waals surface area (Å²) in [5.74, 6) is -0.461. The van der Waals surface area contributed by atoms with Gasteiger partial charge in [-0.1, -0.05) is 121 Å². The Balaban J connectivity index is 0.764. The molecule has 18 nitrogen and oxygen atoms in total. The number of hydrogen-bond acceptors (Lipinski definition) is 12. The summed E-state index contributed by atoms with van der Waals surface area (Å²) in [5, 5.41) is 41.1. The number of phenols is 2. The number of amides is 6. The highest BCUT2D eigenvalue weighted by atomic mass is 16.5. The second-order valence-electron chi connectivity index (χ2n) is 21.6. The zero-order chi connectivity index (χ0) is 65.1. The fourth-order valence-corrected chi connectivity index (χ4v) is 10.7. The second-order valence-corrected chi connectivity index (χ2v) is 21.6. The molecule has 0 unspecified atom stereocenters. The molecule has 0 aliphatic rings. The highest BCUT2D eigenvalue weighted by molar-refractivity contribution is 6.13. The number of hydrogen-bond donors (Lipinski definition) is 8. The number of benzene rings is 12. The lowest BCUT2D eigenvalue weighted by atomic mass is 9.94. The van der Waals surface area contributed by atoms with Crippen molar-refractivity contribution in [2.45, 2.75) is 0 Å². The highest BCUT2D eigenvalue weighted by Crippen LogP contribution is 2.40. The largest absolute Gasteiger partial charge is 0.508 e. The predicted octanol–water partition coefficient (Wildman–Crippen LogP) is 14.4. The van der Waals surface area contributed by atoms with E-state index >= 15 is 0 Å². The highest BCUT2D eigenvalue weighted by Gasteiger charge is 2.21. The minimum atomic E-state index is -0.605. The van der Waals surface area contributed by atoms with Crippen LogP contribution in [-0.2, 0) is 14.4 Å². The molecule has 0 aliphatic carbocycles. The van der Waals surface area contributed by atoms with E-state index in [0.29, 0.717) is 83.9 Å². The van der Waals surface area contributed by atoms with Gasteiger partial charge in [-0.2, -0.15) is 0 Å². The Bertz CT molecular complexity index is 4900. The number of fused-ring (bicyclic) bond motifs is 3. The number of anilines is 3. The standard InChI is InChI=1S/C76H58N6O12/c1-91-53-30-32-55(33-31-53)93-70-41-47(24-36-66(70)81-72(86)44-77-74(88)62-21-10-14-46-12-2-4-17-57(46)62)50-38-48-13-3-5-18-58(48)64(39-50)76(90)79-45-73(87)82-67-40-49(25-37-69(67)94-56-16-11-15-52(84)42-56)59-34-35-63(61-20-7-6-19-60(59)61)75(89)78-43-71(85)80-65-22-8-9-23-68(65)92-54-28-26-51(83)27-29-54/h2-42,83-84H,43-45H2,1H3,(H,77,88)(H,78,89)(H,79,90)(H,80,85)(H,81,86)(H,82,87). The molecule has 0 radical (unpaired) electrons. The van der Waals surface area contributed by atoms with Crippen LogP contribution in [0.15, 0.2) is 249 Å². The Morgan fingerprint density at radius 1 is 0.330 bits per heavy atom. The van der Waals surface area contributed by atoms with Crippen molar-refractivity contribution in [1.82, 2.24) is 16.0 Å². The number of carbonyl (C=O) groups excluding carboxylic acids is 6. The average molecular weight is 1250 g/mol. The SMILES string of the molecule is COc1ccc(Oc2cc(-c3cc(C(=O)NCC(=O)Nc4cc(-c5ccc(C(=O)NCC(=O)Nc6ccccc6Oc6ccc(O)cc6)c6ccccc56)ccc4Oc4cccc(O)c4)c4ccccc4c3)ccc2NC(=O)CNC(=O)c2cccc3ccccc23)cc1. The normalized spacial score (nSPS) is 10.9. The molecule has 464 valence electrons. The molecule has 0 spiro atoms. The van der Waals surface area contributed by atoms with Crippen molar-refractivity contribution in [1.29, 1.82) is 0 Å². The first kappa shape index (κ1) is 61.3. The van der Waals surface area contributed by atoms with Gasteiger partial charge in [-0.15, -0.1) is 0 Å².